The second kappa shape index (κ2) is 12.5. The first kappa shape index (κ1) is 31.2. The number of esters is 1. The van der Waals surface area contributed by atoms with Crippen molar-refractivity contribution in [3.8, 4) is 0 Å². The summed E-state index contributed by atoms with van der Waals surface area (Å²) in [7, 11) is 0. The summed E-state index contributed by atoms with van der Waals surface area (Å²) in [6.07, 6.45) is 5.14. The summed E-state index contributed by atoms with van der Waals surface area (Å²) in [6, 6.07) is 13.2. The number of allylic oxidation sites excluding steroid dienone is 1. The zero-order valence-corrected chi connectivity index (χ0v) is 26.7. The Morgan fingerprint density at radius 3 is 2.58 bits per heavy atom. The van der Waals surface area contributed by atoms with Gasteiger partial charge in [-0.3, -0.25) is 19.2 Å². The Labute approximate surface area is 270 Å². The van der Waals surface area contributed by atoms with E-state index in [0.29, 0.717) is 16.6 Å². The van der Waals surface area contributed by atoms with E-state index in [1.807, 2.05) is 74.5 Å². The second-order valence-corrected chi connectivity index (χ2v) is 12.9. The average molecular weight is 679 g/mol. The number of aliphatic hydroxyl groups is 1. The van der Waals surface area contributed by atoms with Gasteiger partial charge in [-0.05, 0) is 49.1 Å². The zero-order chi connectivity index (χ0) is 31.9. The summed E-state index contributed by atoms with van der Waals surface area (Å²) < 4.78 is 12.7. The van der Waals surface area contributed by atoms with Gasteiger partial charge in [0.1, 0.15) is 24.4 Å². The van der Waals surface area contributed by atoms with Gasteiger partial charge >= 0.3 is 5.97 Å². The molecule has 2 aromatic carbocycles. The normalized spacial score (nSPS) is 31.0. The summed E-state index contributed by atoms with van der Waals surface area (Å²) in [5.74, 6) is -3.66. The van der Waals surface area contributed by atoms with Crippen molar-refractivity contribution in [1.82, 2.24) is 10.2 Å². The number of nitrogens with one attached hydrogen (secondary N) is 1. The van der Waals surface area contributed by atoms with Gasteiger partial charge in [-0.15, -0.1) is 0 Å². The Morgan fingerprint density at radius 1 is 1.04 bits per heavy atom. The Morgan fingerprint density at radius 2 is 1.82 bits per heavy atom. The van der Waals surface area contributed by atoms with Crippen molar-refractivity contribution in [3.05, 3.63) is 87.9 Å². The maximum absolute atomic E-state index is 14.8. The number of carbonyl (C=O) groups excluding carboxylic acids is 4. The number of β-amino-alcohol motifs (C(OH)–C–C–N with tert-alkyl or cyclic N) is 1. The van der Waals surface area contributed by atoms with Gasteiger partial charge in [0.05, 0.1) is 24.5 Å². The molecule has 0 saturated carbocycles. The number of carbonyl (C=O) groups is 4. The fourth-order valence-electron chi connectivity index (χ4n) is 7.03. The monoisotopic (exact) mass is 677 g/mol. The second-order valence-electron chi connectivity index (χ2n) is 12.0. The minimum absolute atomic E-state index is 0.0878. The Bertz CT molecular complexity index is 1580. The van der Waals surface area contributed by atoms with E-state index in [-0.39, 0.29) is 38.6 Å². The van der Waals surface area contributed by atoms with Crippen LogP contribution in [0.3, 0.4) is 0 Å². The summed E-state index contributed by atoms with van der Waals surface area (Å²) in [6.45, 7) is 3.47. The molecule has 4 heterocycles. The molecule has 4 aliphatic heterocycles. The van der Waals surface area contributed by atoms with Gasteiger partial charge in [0.25, 0.3) is 5.91 Å². The third-order valence-electron chi connectivity index (χ3n) is 9.12. The summed E-state index contributed by atoms with van der Waals surface area (Å²) in [4.78, 5) is 58.9. The van der Waals surface area contributed by atoms with E-state index in [0.717, 1.165) is 16.7 Å². The van der Waals surface area contributed by atoms with Crippen molar-refractivity contribution in [2.24, 2.45) is 11.8 Å². The van der Waals surface area contributed by atoms with Gasteiger partial charge in [-0.25, -0.2) is 0 Å². The van der Waals surface area contributed by atoms with Crippen LogP contribution in [0.2, 0.25) is 0 Å². The lowest BCUT2D eigenvalue weighted by Gasteiger charge is -2.36. The van der Waals surface area contributed by atoms with Crippen LogP contribution in [0.5, 0.6) is 0 Å². The SMILES string of the molecule is Cc1ccc(C)c(N2C/C=C\CCC(=O)OC[C@H](c3ccccc3)NC(=O)[C@H]3[C@@H]4O[C@@]5(C=C4Br)[C@@H]3C(=O)N(CCO)[C@@H]5C2=O)c1. The molecule has 45 heavy (non-hydrogen) atoms. The lowest BCUT2D eigenvalue weighted by atomic mass is 9.74. The lowest BCUT2D eigenvalue weighted by molar-refractivity contribution is -0.145. The van der Waals surface area contributed by atoms with E-state index in [2.05, 4.69) is 21.2 Å². The number of likely N-dealkylation sites (tertiary alicyclic amines) is 1. The minimum atomic E-state index is -1.43. The Kier molecular flexibility index (Phi) is 8.69. The minimum Gasteiger partial charge on any atom is -0.463 e. The number of ether oxygens (including phenoxy) is 2. The molecule has 2 saturated heterocycles. The fourth-order valence-corrected chi connectivity index (χ4v) is 7.77. The molecule has 6 atom stereocenters. The highest BCUT2D eigenvalue weighted by atomic mass is 79.9. The predicted molar refractivity (Wildman–Crippen MR) is 169 cm³/mol. The molecule has 2 N–H and O–H groups in total. The quantitative estimate of drug-likeness (QED) is 0.376. The summed E-state index contributed by atoms with van der Waals surface area (Å²) in [5, 5.41) is 13.0. The van der Waals surface area contributed by atoms with Gasteiger partial charge in [0.2, 0.25) is 11.8 Å². The van der Waals surface area contributed by atoms with Crippen molar-refractivity contribution in [2.75, 3.05) is 31.2 Å². The maximum Gasteiger partial charge on any atom is 0.306 e. The third kappa shape index (κ3) is 5.51. The van der Waals surface area contributed by atoms with Crippen LogP contribution in [0.15, 0.2) is 71.2 Å². The van der Waals surface area contributed by atoms with Crippen molar-refractivity contribution in [3.63, 3.8) is 0 Å². The number of fused-ring (bicyclic) bond motifs is 2. The van der Waals surface area contributed by atoms with Crippen molar-refractivity contribution >= 4 is 45.3 Å². The van der Waals surface area contributed by atoms with E-state index in [4.69, 9.17) is 9.47 Å². The van der Waals surface area contributed by atoms with Gasteiger partial charge in [-0.2, -0.15) is 0 Å². The van der Waals surface area contributed by atoms with E-state index in [1.54, 1.807) is 11.0 Å². The summed E-state index contributed by atoms with van der Waals surface area (Å²) >= 11 is 3.58. The first-order valence-electron chi connectivity index (χ1n) is 15.2. The number of nitrogens with zero attached hydrogens (tertiary/aromatic N) is 2. The lowest BCUT2D eigenvalue weighted by Crippen LogP contribution is -2.56. The number of aryl methyl sites for hydroxylation is 2. The van der Waals surface area contributed by atoms with E-state index < -0.39 is 53.4 Å². The topological polar surface area (TPSA) is 125 Å². The van der Waals surface area contributed by atoms with E-state index >= 15 is 0 Å². The van der Waals surface area contributed by atoms with E-state index in [1.165, 1.54) is 4.90 Å². The highest BCUT2D eigenvalue weighted by molar-refractivity contribution is 9.11. The number of halogens is 1. The standard InChI is InChI=1S/C34H36BrN3O7/c1-20-12-13-21(2)25(17-20)37-14-8-4-7-11-26(40)44-19-24(22-9-5-3-6-10-22)36-31(41)27-28-32(42)38(15-16-39)30(33(37)43)34(28)18-23(35)29(27)45-34/h3-6,8-10,12-13,17-18,24,27-30,39H,7,11,14-16,19H2,1-2H3,(H,36,41)/b8-4-/t24-,27-,28+,29-,30-,34+/m1/s1. The van der Waals surface area contributed by atoms with Crippen LogP contribution in [0.25, 0.3) is 0 Å². The molecular weight excluding hydrogens is 642 g/mol. The van der Waals surface area contributed by atoms with Crippen molar-refractivity contribution in [2.45, 2.75) is 50.5 Å². The van der Waals surface area contributed by atoms with Crippen LogP contribution >= 0.6 is 15.9 Å². The fraction of sp³-hybridized carbons (Fsp3) is 0.412. The number of cyclic esters (lactones) is 1. The van der Waals surface area contributed by atoms with Crippen LogP contribution in [0.4, 0.5) is 5.69 Å². The number of aliphatic hydroxyl groups excluding tert-OH is 1. The number of amides is 3. The summed E-state index contributed by atoms with van der Waals surface area (Å²) in [5.41, 5.74) is 1.80. The molecule has 2 fully saturated rings. The number of hydrogen-bond acceptors (Lipinski definition) is 7. The molecule has 5 bridgehead atoms. The van der Waals surface area contributed by atoms with Crippen LogP contribution in [-0.4, -0.2) is 77.7 Å². The predicted octanol–water partition coefficient (Wildman–Crippen LogP) is 3.25. The molecule has 0 aliphatic carbocycles. The van der Waals surface area contributed by atoms with Crippen LogP contribution < -0.4 is 10.2 Å². The Hall–Kier alpha value is -3.80. The average Bonchev–Trinajstić information content (AvgIpc) is 3.61. The van der Waals surface area contributed by atoms with Crippen molar-refractivity contribution in [1.29, 1.82) is 0 Å². The largest absolute Gasteiger partial charge is 0.463 e. The third-order valence-corrected chi connectivity index (χ3v) is 9.80. The molecule has 0 radical (unpaired) electrons. The van der Waals surface area contributed by atoms with Crippen LogP contribution in [0, 0.1) is 25.7 Å². The van der Waals surface area contributed by atoms with Gasteiger partial charge in [-0.1, -0.05) is 70.5 Å². The van der Waals surface area contributed by atoms with Gasteiger partial charge < -0.3 is 29.7 Å². The molecule has 10 nitrogen and oxygen atoms in total. The maximum atomic E-state index is 14.8. The first-order valence-corrected chi connectivity index (χ1v) is 16.0. The zero-order valence-electron chi connectivity index (χ0n) is 25.1. The Balaban J connectivity index is 1.46. The van der Waals surface area contributed by atoms with Gasteiger partial charge in [0.15, 0.2) is 0 Å². The molecule has 1 spiro atoms. The molecule has 0 unspecified atom stereocenters. The molecule has 236 valence electrons. The van der Waals surface area contributed by atoms with Crippen LogP contribution in [-0.2, 0) is 28.7 Å². The molecule has 6 rings (SSSR count). The number of hydrogen-bond donors (Lipinski definition) is 2. The van der Waals surface area contributed by atoms with Crippen LogP contribution in [0.1, 0.15) is 35.6 Å². The molecule has 4 aliphatic rings. The van der Waals surface area contributed by atoms with Gasteiger partial charge in [0, 0.05) is 29.7 Å². The number of rotatable bonds is 4. The number of anilines is 1. The molecule has 0 aromatic heterocycles. The van der Waals surface area contributed by atoms with E-state index in [9.17, 15) is 24.3 Å². The van der Waals surface area contributed by atoms with Crippen molar-refractivity contribution < 1.29 is 33.8 Å². The highest BCUT2D eigenvalue weighted by Gasteiger charge is 2.74. The smallest absolute Gasteiger partial charge is 0.306 e. The highest BCUT2D eigenvalue weighted by Crippen LogP contribution is 2.58. The molecule has 11 heteroatoms. The molecule has 3 amide bonds. The first-order chi connectivity index (χ1) is 21.7. The number of benzene rings is 2. The molecule has 2 aromatic rings. The molecular formula is C34H36BrN3O7.